The Kier molecular flexibility index (Phi) is 5.42. The van der Waals surface area contributed by atoms with E-state index in [2.05, 4.69) is 5.92 Å². The number of cyclic esters (lactones) is 1. The number of hydrogen-bond acceptors (Lipinski definition) is 3. The summed E-state index contributed by atoms with van der Waals surface area (Å²) in [5.41, 5.74) is 2.17. The van der Waals surface area contributed by atoms with Crippen molar-refractivity contribution in [1.82, 2.24) is 9.80 Å². The molecule has 1 aliphatic heterocycles. The van der Waals surface area contributed by atoms with Crippen molar-refractivity contribution in [2.24, 2.45) is 0 Å². The molecule has 0 radical (unpaired) electrons. The van der Waals surface area contributed by atoms with Crippen LogP contribution in [-0.4, -0.2) is 48.0 Å². The molecule has 1 heterocycles. The van der Waals surface area contributed by atoms with Gasteiger partial charge in [0.15, 0.2) is 0 Å². The van der Waals surface area contributed by atoms with Crippen LogP contribution in [0.4, 0.5) is 4.79 Å². The Hall–Kier alpha value is -2.48. The van der Waals surface area contributed by atoms with Crippen LogP contribution in [0.5, 0.6) is 0 Å². The molecule has 0 aliphatic carbocycles. The zero-order valence-corrected chi connectivity index (χ0v) is 12.7. The van der Waals surface area contributed by atoms with Gasteiger partial charge in [-0.25, -0.2) is 4.79 Å². The van der Waals surface area contributed by atoms with Crippen molar-refractivity contribution in [2.75, 3.05) is 26.2 Å². The standard InChI is InChI=1S/C17H20N2O3/c1-3-9-18(12-15-7-5-14(2)6-8-15)16(20)13-19-10-4-11-22-17(19)21/h1,5-8H,4,9-13H2,2H3. The molecule has 5 nitrogen and oxygen atoms in total. The minimum absolute atomic E-state index is 0.00632. The Morgan fingerprint density at radius 1 is 1.41 bits per heavy atom. The number of carbonyl (C=O) groups excluding carboxylic acids is 2. The molecule has 1 aromatic rings. The molecule has 1 saturated heterocycles. The van der Waals surface area contributed by atoms with Crippen LogP contribution in [0.25, 0.3) is 0 Å². The average Bonchev–Trinajstić information content (AvgIpc) is 2.51. The lowest BCUT2D eigenvalue weighted by Crippen LogP contribution is -2.45. The quantitative estimate of drug-likeness (QED) is 0.779. The summed E-state index contributed by atoms with van der Waals surface area (Å²) >= 11 is 0. The molecule has 5 heteroatoms. The third kappa shape index (κ3) is 4.26. The molecule has 0 aromatic heterocycles. The summed E-state index contributed by atoms with van der Waals surface area (Å²) in [6, 6.07) is 7.94. The fraction of sp³-hybridized carbons (Fsp3) is 0.412. The van der Waals surface area contributed by atoms with Gasteiger partial charge in [-0.3, -0.25) is 9.69 Å². The van der Waals surface area contributed by atoms with Crippen LogP contribution in [0, 0.1) is 19.3 Å². The summed E-state index contributed by atoms with van der Waals surface area (Å²) in [7, 11) is 0. The van der Waals surface area contributed by atoms with E-state index in [1.165, 1.54) is 4.90 Å². The third-order valence-corrected chi connectivity index (χ3v) is 3.51. The Morgan fingerprint density at radius 2 is 2.14 bits per heavy atom. The molecule has 2 amide bonds. The minimum Gasteiger partial charge on any atom is -0.449 e. The van der Waals surface area contributed by atoms with Gasteiger partial charge in [0.2, 0.25) is 5.91 Å². The zero-order chi connectivity index (χ0) is 15.9. The first-order valence-corrected chi connectivity index (χ1v) is 7.28. The van der Waals surface area contributed by atoms with E-state index in [1.54, 1.807) is 4.90 Å². The van der Waals surface area contributed by atoms with E-state index in [9.17, 15) is 9.59 Å². The van der Waals surface area contributed by atoms with Crippen LogP contribution in [0.2, 0.25) is 0 Å². The smallest absolute Gasteiger partial charge is 0.410 e. The van der Waals surface area contributed by atoms with Crippen LogP contribution in [0.3, 0.4) is 0 Å². The molecule has 0 saturated carbocycles. The van der Waals surface area contributed by atoms with Gasteiger partial charge in [-0.15, -0.1) is 6.42 Å². The number of hydrogen-bond donors (Lipinski definition) is 0. The number of rotatable bonds is 5. The van der Waals surface area contributed by atoms with E-state index in [-0.39, 0.29) is 19.0 Å². The number of carbonyl (C=O) groups is 2. The summed E-state index contributed by atoms with van der Waals surface area (Å²) in [5, 5.41) is 0. The van der Waals surface area contributed by atoms with Gasteiger partial charge in [0.05, 0.1) is 13.2 Å². The average molecular weight is 300 g/mol. The van der Waals surface area contributed by atoms with Crippen molar-refractivity contribution in [3.05, 3.63) is 35.4 Å². The van der Waals surface area contributed by atoms with Crippen molar-refractivity contribution in [2.45, 2.75) is 19.9 Å². The molecule has 1 fully saturated rings. The van der Waals surface area contributed by atoms with Gasteiger partial charge in [-0.05, 0) is 18.9 Å². The van der Waals surface area contributed by atoms with Crippen LogP contribution in [0.1, 0.15) is 17.5 Å². The Morgan fingerprint density at radius 3 is 2.77 bits per heavy atom. The second-order valence-electron chi connectivity index (χ2n) is 5.33. The van der Waals surface area contributed by atoms with Gasteiger partial charge >= 0.3 is 6.09 Å². The molecule has 1 aliphatic rings. The van der Waals surface area contributed by atoms with E-state index in [4.69, 9.17) is 11.2 Å². The fourth-order valence-corrected chi connectivity index (χ4v) is 2.26. The molecule has 0 N–H and O–H groups in total. The van der Waals surface area contributed by atoms with Crippen molar-refractivity contribution in [1.29, 1.82) is 0 Å². The lowest BCUT2D eigenvalue weighted by molar-refractivity contribution is -0.132. The summed E-state index contributed by atoms with van der Waals surface area (Å²) in [5.74, 6) is 2.33. The topological polar surface area (TPSA) is 49.9 Å². The normalized spacial score (nSPS) is 14.2. The monoisotopic (exact) mass is 300 g/mol. The predicted octanol–water partition coefficient (Wildman–Crippen LogP) is 1.80. The van der Waals surface area contributed by atoms with Gasteiger partial charge in [0, 0.05) is 13.1 Å². The predicted molar refractivity (Wildman–Crippen MR) is 83.0 cm³/mol. The summed E-state index contributed by atoms with van der Waals surface area (Å²) in [6.07, 6.45) is 5.66. The number of amides is 2. The summed E-state index contributed by atoms with van der Waals surface area (Å²) < 4.78 is 4.94. The van der Waals surface area contributed by atoms with Gasteiger partial charge in [0.25, 0.3) is 0 Å². The molecule has 1 aromatic carbocycles. The number of ether oxygens (including phenoxy) is 1. The van der Waals surface area contributed by atoms with E-state index in [0.29, 0.717) is 19.7 Å². The van der Waals surface area contributed by atoms with Crippen LogP contribution in [-0.2, 0) is 16.1 Å². The Balaban J connectivity index is 2.00. The Bertz CT molecular complexity index is 575. The van der Waals surface area contributed by atoms with Crippen molar-refractivity contribution < 1.29 is 14.3 Å². The number of terminal acetylenes is 1. The highest BCUT2D eigenvalue weighted by Gasteiger charge is 2.24. The van der Waals surface area contributed by atoms with Gasteiger partial charge in [-0.1, -0.05) is 35.7 Å². The highest BCUT2D eigenvalue weighted by atomic mass is 16.6. The Labute approximate surface area is 130 Å². The SMILES string of the molecule is C#CCN(Cc1ccc(C)cc1)C(=O)CN1CCCOC1=O. The van der Waals surface area contributed by atoms with E-state index in [0.717, 1.165) is 17.5 Å². The lowest BCUT2D eigenvalue weighted by atomic mass is 10.1. The van der Waals surface area contributed by atoms with Crippen molar-refractivity contribution in [3.63, 3.8) is 0 Å². The maximum absolute atomic E-state index is 12.4. The molecule has 0 unspecified atom stereocenters. The van der Waals surface area contributed by atoms with Gasteiger partial charge in [0.1, 0.15) is 6.54 Å². The zero-order valence-electron chi connectivity index (χ0n) is 12.7. The van der Waals surface area contributed by atoms with Crippen molar-refractivity contribution in [3.8, 4) is 12.3 Å². The van der Waals surface area contributed by atoms with Crippen LogP contribution < -0.4 is 0 Å². The number of benzene rings is 1. The first-order chi connectivity index (χ1) is 10.6. The third-order valence-electron chi connectivity index (χ3n) is 3.51. The van der Waals surface area contributed by atoms with E-state index in [1.807, 2.05) is 31.2 Å². The van der Waals surface area contributed by atoms with Gasteiger partial charge in [-0.2, -0.15) is 0 Å². The maximum Gasteiger partial charge on any atom is 0.410 e. The fourth-order valence-electron chi connectivity index (χ4n) is 2.26. The first kappa shape index (κ1) is 15.9. The highest BCUT2D eigenvalue weighted by molar-refractivity contribution is 5.82. The molecule has 0 atom stereocenters. The summed E-state index contributed by atoms with van der Waals surface area (Å²) in [4.78, 5) is 27.0. The molecule has 2 rings (SSSR count). The second-order valence-corrected chi connectivity index (χ2v) is 5.33. The summed E-state index contributed by atoms with van der Waals surface area (Å²) in [6.45, 7) is 3.63. The number of nitrogens with zero attached hydrogens (tertiary/aromatic N) is 2. The van der Waals surface area contributed by atoms with Crippen LogP contribution in [0.15, 0.2) is 24.3 Å². The molecular formula is C17H20N2O3. The maximum atomic E-state index is 12.4. The van der Waals surface area contributed by atoms with E-state index >= 15 is 0 Å². The molecule has 0 bridgehead atoms. The first-order valence-electron chi connectivity index (χ1n) is 7.28. The molecular weight excluding hydrogens is 280 g/mol. The van der Waals surface area contributed by atoms with Gasteiger partial charge < -0.3 is 9.64 Å². The largest absolute Gasteiger partial charge is 0.449 e. The lowest BCUT2D eigenvalue weighted by Gasteiger charge is -2.28. The molecule has 22 heavy (non-hydrogen) atoms. The molecule has 0 spiro atoms. The van der Waals surface area contributed by atoms with Crippen molar-refractivity contribution >= 4 is 12.0 Å². The number of aryl methyl sites for hydroxylation is 1. The molecule has 116 valence electrons. The highest BCUT2D eigenvalue weighted by Crippen LogP contribution is 2.09. The van der Waals surface area contributed by atoms with Crippen LogP contribution >= 0.6 is 0 Å². The second kappa shape index (κ2) is 7.51. The minimum atomic E-state index is -0.435. The van der Waals surface area contributed by atoms with E-state index < -0.39 is 6.09 Å².